The Balaban J connectivity index is 2.39. The van der Waals surface area contributed by atoms with Crippen LogP contribution < -0.4 is 5.32 Å². The molecule has 0 aromatic heterocycles. The number of hydrogen-bond donors (Lipinski definition) is 1. The molecule has 3 unspecified atom stereocenters. The van der Waals surface area contributed by atoms with Crippen molar-refractivity contribution in [2.24, 2.45) is 23.7 Å². The molecule has 0 heterocycles. The molecule has 1 rings (SSSR count). The normalized spacial score (nSPS) is 27.9. The molecule has 0 spiro atoms. The zero-order valence-corrected chi connectivity index (χ0v) is 14.5. The monoisotopic (exact) mass is 303 g/mol. The Bertz CT molecular complexity index is 365. The quantitative estimate of drug-likeness (QED) is 0.749. The fourth-order valence-corrected chi connectivity index (χ4v) is 4.04. The van der Waals surface area contributed by atoms with E-state index in [1.807, 2.05) is 0 Å². The topological polar surface area (TPSA) is 46.2 Å². The Kier molecular flexibility index (Phi) is 7.52. The minimum absolute atomic E-state index is 0.351. The van der Waals surface area contributed by atoms with E-state index in [0.717, 1.165) is 37.8 Å². The van der Waals surface area contributed by atoms with Crippen LogP contribution in [-0.2, 0) is 9.84 Å². The third-order valence-corrected chi connectivity index (χ3v) is 5.48. The first-order chi connectivity index (χ1) is 9.28. The fraction of sp³-hybridized carbons (Fsp3) is 1.00. The molecular formula is C16H33NO2S. The van der Waals surface area contributed by atoms with E-state index < -0.39 is 9.84 Å². The number of sulfone groups is 1. The second kappa shape index (κ2) is 8.38. The lowest BCUT2D eigenvalue weighted by atomic mass is 9.73. The summed E-state index contributed by atoms with van der Waals surface area (Å²) in [7, 11) is -2.80. The van der Waals surface area contributed by atoms with Crippen LogP contribution in [0.4, 0.5) is 0 Å². The summed E-state index contributed by atoms with van der Waals surface area (Å²) < 4.78 is 22.5. The van der Waals surface area contributed by atoms with Crippen molar-refractivity contribution in [2.75, 3.05) is 25.1 Å². The van der Waals surface area contributed by atoms with Crippen molar-refractivity contribution in [1.82, 2.24) is 5.32 Å². The molecule has 3 atom stereocenters. The summed E-state index contributed by atoms with van der Waals surface area (Å²) in [6.07, 6.45) is 7.16. The summed E-state index contributed by atoms with van der Waals surface area (Å²) in [5.41, 5.74) is 0. The SMILES string of the molecule is CC(C)CNCC1CCC(C)CC1CCCS(C)(=O)=O. The smallest absolute Gasteiger partial charge is 0.147 e. The van der Waals surface area contributed by atoms with Gasteiger partial charge in [-0.15, -0.1) is 0 Å². The van der Waals surface area contributed by atoms with E-state index in [0.29, 0.717) is 17.6 Å². The predicted octanol–water partition coefficient (Wildman–Crippen LogP) is 3.11. The Morgan fingerprint density at radius 2 is 1.90 bits per heavy atom. The van der Waals surface area contributed by atoms with Crippen LogP contribution in [0.15, 0.2) is 0 Å². The van der Waals surface area contributed by atoms with Crippen LogP contribution in [0.5, 0.6) is 0 Å². The van der Waals surface area contributed by atoms with Gasteiger partial charge in [0.2, 0.25) is 0 Å². The van der Waals surface area contributed by atoms with Crippen LogP contribution >= 0.6 is 0 Å². The standard InChI is InChI=1S/C16H33NO2S/c1-13(2)11-17-12-16-8-7-14(3)10-15(16)6-5-9-20(4,18)19/h13-17H,5-12H2,1-4H3. The lowest BCUT2D eigenvalue weighted by Crippen LogP contribution is -2.34. The Morgan fingerprint density at radius 3 is 2.50 bits per heavy atom. The van der Waals surface area contributed by atoms with Crippen LogP contribution in [0.3, 0.4) is 0 Å². The van der Waals surface area contributed by atoms with Gasteiger partial charge in [0, 0.05) is 12.0 Å². The molecule has 120 valence electrons. The van der Waals surface area contributed by atoms with E-state index in [-0.39, 0.29) is 0 Å². The Labute approximate surface area is 125 Å². The lowest BCUT2D eigenvalue weighted by molar-refractivity contribution is 0.173. The highest BCUT2D eigenvalue weighted by Crippen LogP contribution is 2.36. The summed E-state index contributed by atoms with van der Waals surface area (Å²) in [5.74, 6) is 3.30. The van der Waals surface area contributed by atoms with Gasteiger partial charge in [-0.1, -0.05) is 27.2 Å². The highest BCUT2D eigenvalue weighted by atomic mass is 32.2. The third-order valence-electron chi connectivity index (χ3n) is 4.45. The zero-order valence-electron chi connectivity index (χ0n) is 13.7. The van der Waals surface area contributed by atoms with E-state index in [4.69, 9.17) is 0 Å². The maximum absolute atomic E-state index is 11.3. The summed E-state index contributed by atoms with van der Waals surface area (Å²) in [6, 6.07) is 0. The van der Waals surface area contributed by atoms with Crippen molar-refractivity contribution in [3.05, 3.63) is 0 Å². The summed E-state index contributed by atoms with van der Waals surface area (Å²) in [6.45, 7) is 9.00. The third kappa shape index (κ3) is 7.63. The van der Waals surface area contributed by atoms with Gasteiger partial charge < -0.3 is 5.32 Å². The summed E-state index contributed by atoms with van der Waals surface area (Å²) in [4.78, 5) is 0. The average Bonchev–Trinajstić information content (AvgIpc) is 2.29. The first-order valence-electron chi connectivity index (χ1n) is 8.16. The van der Waals surface area contributed by atoms with Gasteiger partial charge in [0.05, 0.1) is 0 Å². The van der Waals surface area contributed by atoms with Gasteiger partial charge >= 0.3 is 0 Å². The van der Waals surface area contributed by atoms with Gasteiger partial charge in [-0.2, -0.15) is 0 Å². The molecule has 4 heteroatoms. The van der Waals surface area contributed by atoms with Gasteiger partial charge in [0.25, 0.3) is 0 Å². The molecule has 1 aliphatic rings. The van der Waals surface area contributed by atoms with Crippen molar-refractivity contribution < 1.29 is 8.42 Å². The van der Waals surface area contributed by atoms with Crippen LogP contribution in [0.2, 0.25) is 0 Å². The van der Waals surface area contributed by atoms with Crippen molar-refractivity contribution in [2.45, 2.75) is 52.9 Å². The molecular weight excluding hydrogens is 270 g/mol. The molecule has 3 nitrogen and oxygen atoms in total. The van der Waals surface area contributed by atoms with Gasteiger partial charge in [0.1, 0.15) is 9.84 Å². The molecule has 0 aromatic carbocycles. The molecule has 0 amide bonds. The fourth-order valence-electron chi connectivity index (χ4n) is 3.35. The highest BCUT2D eigenvalue weighted by molar-refractivity contribution is 7.90. The first kappa shape index (κ1) is 18.0. The molecule has 1 fully saturated rings. The predicted molar refractivity (Wildman–Crippen MR) is 86.6 cm³/mol. The minimum atomic E-state index is -2.80. The second-order valence-electron chi connectivity index (χ2n) is 7.26. The van der Waals surface area contributed by atoms with E-state index >= 15 is 0 Å². The van der Waals surface area contributed by atoms with Gasteiger partial charge in [0.15, 0.2) is 0 Å². The maximum atomic E-state index is 11.3. The van der Waals surface area contributed by atoms with Gasteiger partial charge in [-0.3, -0.25) is 0 Å². The average molecular weight is 304 g/mol. The number of rotatable bonds is 8. The molecule has 0 radical (unpaired) electrons. The lowest BCUT2D eigenvalue weighted by Gasteiger charge is -2.35. The maximum Gasteiger partial charge on any atom is 0.147 e. The minimum Gasteiger partial charge on any atom is -0.316 e. The molecule has 0 aromatic rings. The molecule has 1 saturated carbocycles. The first-order valence-corrected chi connectivity index (χ1v) is 10.2. The van der Waals surface area contributed by atoms with Crippen molar-refractivity contribution >= 4 is 9.84 Å². The van der Waals surface area contributed by atoms with Crippen LogP contribution in [-0.4, -0.2) is 33.5 Å². The van der Waals surface area contributed by atoms with Crippen LogP contribution in [0.25, 0.3) is 0 Å². The summed E-state index contributed by atoms with van der Waals surface area (Å²) in [5, 5.41) is 3.59. The second-order valence-corrected chi connectivity index (χ2v) is 9.52. The summed E-state index contributed by atoms with van der Waals surface area (Å²) >= 11 is 0. The van der Waals surface area contributed by atoms with Crippen molar-refractivity contribution in [1.29, 1.82) is 0 Å². The van der Waals surface area contributed by atoms with E-state index in [1.54, 1.807) is 0 Å². The molecule has 20 heavy (non-hydrogen) atoms. The number of nitrogens with one attached hydrogen (secondary N) is 1. The number of hydrogen-bond acceptors (Lipinski definition) is 3. The van der Waals surface area contributed by atoms with Crippen LogP contribution in [0, 0.1) is 23.7 Å². The van der Waals surface area contributed by atoms with E-state index in [9.17, 15) is 8.42 Å². The molecule has 1 N–H and O–H groups in total. The van der Waals surface area contributed by atoms with E-state index in [2.05, 4.69) is 26.1 Å². The molecule has 0 aliphatic heterocycles. The van der Waals surface area contributed by atoms with Crippen molar-refractivity contribution in [3.8, 4) is 0 Å². The largest absolute Gasteiger partial charge is 0.316 e. The highest BCUT2D eigenvalue weighted by Gasteiger charge is 2.28. The van der Waals surface area contributed by atoms with Gasteiger partial charge in [-0.05, 0) is 62.4 Å². The molecule has 1 aliphatic carbocycles. The zero-order chi connectivity index (χ0) is 15.2. The van der Waals surface area contributed by atoms with Crippen molar-refractivity contribution in [3.63, 3.8) is 0 Å². The molecule has 0 bridgehead atoms. The van der Waals surface area contributed by atoms with Crippen LogP contribution in [0.1, 0.15) is 52.9 Å². The Morgan fingerprint density at radius 1 is 1.20 bits per heavy atom. The molecule has 0 saturated heterocycles. The van der Waals surface area contributed by atoms with Gasteiger partial charge in [-0.25, -0.2) is 8.42 Å². The Hall–Kier alpha value is -0.0900. The van der Waals surface area contributed by atoms with E-state index in [1.165, 1.54) is 25.5 Å².